The van der Waals surface area contributed by atoms with Crippen LogP contribution in [0.5, 0.6) is 0 Å². The molecule has 0 aliphatic rings. The van der Waals surface area contributed by atoms with E-state index < -0.39 is 11.6 Å². The normalized spacial score (nSPS) is 11.0. The van der Waals surface area contributed by atoms with Gasteiger partial charge in [-0.1, -0.05) is 13.8 Å². The molecule has 0 aliphatic heterocycles. The summed E-state index contributed by atoms with van der Waals surface area (Å²) in [5.41, 5.74) is 0.339. The zero-order chi connectivity index (χ0) is 12.9. The summed E-state index contributed by atoms with van der Waals surface area (Å²) in [5.74, 6) is -1.19. The molecule has 0 fully saturated rings. The van der Waals surface area contributed by atoms with Gasteiger partial charge in [0.05, 0.1) is 6.07 Å². The summed E-state index contributed by atoms with van der Waals surface area (Å²) in [5, 5.41) is 11.5. The van der Waals surface area contributed by atoms with Crippen molar-refractivity contribution in [1.29, 1.82) is 5.26 Å². The fourth-order valence-corrected chi connectivity index (χ4v) is 1.48. The van der Waals surface area contributed by atoms with Crippen LogP contribution in [0.25, 0.3) is 0 Å². The molecule has 0 heterocycles. The van der Waals surface area contributed by atoms with Crippen LogP contribution < -0.4 is 5.32 Å². The maximum Gasteiger partial charge on any atom is 0.128 e. The first-order chi connectivity index (χ1) is 7.93. The van der Waals surface area contributed by atoms with Gasteiger partial charge in [0.25, 0.3) is 0 Å². The number of nitrogens with one attached hydrogen (secondary N) is 1. The van der Waals surface area contributed by atoms with Gasteiger partial charge in [-0.2, -0.15) is 5.26 Å². The van der Waals surface area contributed by atoms with Crippen molar-refractivity contribution in [2.24, 2.45) is 5.41 Å². The van der Waals surface area contributed by atoms with Gasteiger partial charge in [-0.25, -0.2) is 8.78 Å². The van der Waals surface area contributed by atoms with Crippen molar-refractivity contribution in [2.75, 3.05) is 11.9 Å². The lowest BCUT2D eigenvalue weighted by Gasteiger charge is -2.24. The maximum atomic E-state index is 12.9. The first kappa shape index (κ1) is 13.4. The molecule has 1 aromatic carbocycles. The molecule has 0 aliphatic carbocycles. The maximum absolute atomic E-state index is 12.9. The van der Waals surface area contributed by atoms with Crippen LogP contribution in [0.3, 0.4) is 0 Å². The van der Waals surface area contributed by atoms with Crippen molar-refractivity contribution >= 4 is 5.69 Å². The predicted octanol–water partition coefficient (Wildman–Crippen LogP) is 3.71. The monoisotopic (exact) mass is 238 g/mol. The lowest BCUT2D eigenvalue weighted by atomic mass is 9.88. The highest BCUT2D eigenvalue weighted by Gasteiger charge is 2.17. The third-order valence-corrected chi connectivity index (χ3v) is 2.55. The number of hydrogen-bond donors (Lipinski definition) is 1. The number of anilines is 1. The molecule has 0 saturated carbocycles. The van der Waals surface area contributed by atoms with Gasteiger partial charge < -0.3 is 5.32 Å². The molecule has 0 aromatic heterocycles. The summed E-state index contributed by atoms with van der Waals surface area (Å²) in [6.45, 7) is 4.58. The molecule has 0 saturated heterocycles. The van der Waals surface area contributed by atoms with Crippen molar-refractivity contribution in [2.45, 2.75) is 26.7 Å². The number of benzene rings is 1. The minimum absolute atomic E-state index is 0.0848. The van der Waals surface area contributed by atoms with E-state index in [1.165, 1.54) is 12.1 Å². The van der Waals surface area contributed by atoms with Gasteiger partial charge in [-0.05, 0) is 24.0 Å². The molecule has 0 spiro atoms. The summed E-state index contributed by atoms with van der Waals surface area (Å²) in [6.07, 6.45) is 1.22. The average Bonchev–Trinajstić information content (AvgIpc) is 2.23. The molecule has 92 valence electrons. The number of nitrogens with zero attached hydrogens (tertiary/aromatic N) is 1. The highest BCUT2D eigenvalue weighted by Crippen LogP contribution is 2.23. The SMILES string of the molecule is CC(C)(CCC#N)CNc1cc(F)cc(F)c1. The number of rotatable bonds is 5. The van der Waals surface area contributed by atoms with E-state index in [9.17, 15) is 8.78 Å². The standard InChI is InChI=1S/C13H16F2N2/c1-13(2,4-3-5-16)9-17-12-7-10(14)6-11(15)8-12/h6-8,17H,3-4,9H2,1-2H3. The highest BCUT2D eigenvalue weighted by atomic mass is 19.1. The van der Waals surface area contributed by atoms with Crippen molar-refractivity contribution < 1.29 is 8.78 Å². The molecular weight excluding hydrogens is 222 g/mol. The average molecular weight is 238 g/mol. The van der Waals surface area contributed by atoms with E-state index in [0.717, 1.165) is 12.5 Å². The third kappa shape index (κ3) is 4.81. The van der Waals surface area contributed by atoms with E-state index in [1.54, 1.807) is 0 Å². The molecule has 0 radical (unpaired) electrons. The Labute approximate surface area is 100 Å². The fourth-order valence-electron chi connectivity index (χ4n) is 1.48. The van der Waals surface area contributed by atoms with Crippen LogP contribution >= 0.6 is 0 Å². The van der Waals surface area contributed by atoms with Gasteiger partial charge in [-0.3, -0.25) is 0 Å². The molecule has 17 heavy (non-hydrogen) atoms. The van der Waals surface area contributed by atoms with Gasteiger partial charge in [0.15, 0.2) is 0 Å². The Balaban J connectivity index is 2.58. The van der Waals surface area contributed by atoms with Crippen LogP contribution in [0.15, 0.2) is 18.2 Å². The molecule has 0 bridgehead atoms. The largest absolute Gasteiger partial charge is 0.384 e. The zero-order valence-electron chi connectivity index (χ0n) is 10.1. The van der Waals surface area contributed by atoms with E-state index in [2.05, 4.69) is 11.4 Å². The number of halogens is 2. The Morgan fingerprint density at radius 1 is 1.24 bits per heavy atom. The van der Waals surface area contributed by atoms with Crippen LogP contribution in [0.1, 0.15) is 26.7 Å². The smallest absolute Gasteiger partial charge is 0.128 e. The topological polar surface area (TPSA) is 35.8 Å². The van der Waals surface area contributed by atoms with Crippen LogP contribution in [-0.2, 0) is 0 Å². The molecule has 0 unspecified atom stereocenters. The molecule has 1 aromatic rings. The summed E-state index contributed by atoms with van der Waals surface area (Å²) in [6, 6.07) is 5.44. The van der Waals surface area contributed by atoms with Gasteiger partial charge in [0, 0.05) is 24.7 Å². The second-order valence-electron chi connectivity index (χ2n) is 4.83. The van der Waals surface area contributed by atoms with Crippen LogP contribution in [0.2, 0.25) is 0 Å². The summed E-state index contributed by atoms with van der Waals surface area (Å²) < 4.78 is 25.9. The second-order valence-corrected chi connectivity index (χ2v) is 4.83. The molecule has 1 rings (SSSR count). The quantitative estimate of drug-likeness (QED) is 0.848. The van der Waals surface area contributed by atoms with Crippen LogP contribution in [0, 0.1) is 28.4 Å². The molecule has 0 atom stereocenters. The molecular formula is C13H16F2N2. The van der Waals surface area contributed by atoms with E-state index >= 15 is 0 Å². The van der Waals surface area contributed by atoms with E-state index in [1.807, 2.05) is 13.8 Å². The van der Waals surface area contributed by atoms with Crippen molar-refractivity contribution in [1.82, 2.24) is 0 Å². The summed E-state index contributed by atoms with van der Waals surface area (Å²) in [7, 11) is 0. The highest BCUT2D eigenvalue weighted by molar-refractivity contribution is 5.43. The summed E-state index contributed by atoms with van der Waals surface area (Å²) >= 11 is 0. The number of nitriles is 1. The minimum Gasteiger partial charge on any atom is -0.384 e. The van der Waals surface area contributed by atoms with Crippen molar-refractivity contribution in [3.8, 4) is 6.07 Å². The van der Waals surface area contributed by atoms with Gasteiger partial charge >= 0.3 is 0 Å². The van der Waals surface area contributed by atoms with Crippen molar-refractivity contribution in [3.05, 3.63) is 29.8 Å². The van der Waals surface area contributed by atoms with Crippen molar-refractivity contribution in [3.63, 3.8) is 0 Å². The first-order valence-corrected chi connectivity index (χ1v) is 5.50. The predicted molar refractivity (Wildman–Crippen MR) is 63.5 cm³/mol. The lowest BCUT2D eigenvalue weighted by Crippen LogP contribution is -2.23. The second kappa shape index (κ2) is 5.62. The Hall–Kier alpha value is -1.63. The Morgan fingerprint density at radius 3 is 2.35 bits per heavy atom. The minimum atomic E-state index is -0.595. The lowest BCUT2D eigenvalue weighted by molar-refractivity contribution is 0.363. The van der Waals surface area contributed by atoms with E-state index in [0.29, 0.717) is 18.7 Å². The number of hydrogen-bond acceptors (Lipinski definition) is 2. The summed E-state index contributed by atoms with van der Waals surface area (Å²) in [4.78, 5) is 0. The Bertz CT molecular complexity index is 402. The zero-order valence-corrected chi connectivity index (χ0v) is 10.1. The molecule has 0 amide bonds. The Morgan fingerprint density at radius 2 is 1.82 bits per heavy atom. The van der Waals surface area contributed by atoms with Crippen LogP contribution in [0.4, 0.5) is 14.5 Å². The molecule has 1 N–H and O–H groups in total. The molecule has 4 heteroatoms. The van der Waals surface area contributed by atoms with E-state index in [-0.39, 0.29) is 5.41 Å². The molecule has 2 nitrogen and oxygen atoms in total. The van der Waals surface area contributed by atoms with Gasteiger partial charge in [0.2, 0.25) is 0 Å². The third-order valence-electron chi connectivity index (χ3n) is 2.55. The first-order valence-electron chi connectivity index (χ1n) is 5.50. The Kier molecular flexibility index (Phi) is 4.45. The van der Waals surface area contributed by atoms with Crippen LogP contribution in [-0.4, -0.2) is 6.54 Å². The van der Waals surface area contributed by atoms with E-state index in [4.69, 9.17) is 5.26 Å². The van der Waals surface area contributed by atoms with Gasteiger partial charge in [0.1, 0.15) is 11.6 Å². The van der Waals surface area contributed by atoms with Gasteiger partial charge in [-0.15, -0.1) is 0 Å². The fraction of sp³-hybridized carbons (Fsp3) is 0.462.